The lowest BCUT2D eigenvalue weighted by Crippen LogP contribution is -2.35. The third kappa shape index (κ3) is 4.92. The van der Waals surface area contributed by atoms with Crippen LogP contribution in [0.25, 0.3) is 11.1 Å². The fourth-order valence-electron chi connectivity index (χ4n) is 3.13. The summed E-state index contributed by atoms with van der Waals surface area (Å²) in [5.41, 5.74) is 13.0. The van der Waals surface area contributed by atoms with Gasteiger partial charge in [0.25, 0.3) is 0 Å². The molecule has 1 unspecified atom stereocenters. The normalized spacial score (nSPS) is 11.7. The summed E-state index contributed by atoms with van der Waals surface area (Å²) >= 11 is 0. The van der Waals surface area contributed by atoms with Crippen molar-refractivity contribution in [2.24, 2.45) is 11.5 Å². The molecule has 0 radical (unpaired) electrons. The highest BCUT2D eigenvalue weighted by Crippen LogP contribution is 2.29. The van der Waals surface area contributed by atoms with Crippen molar-refractivity contribution < 1.29 is 18.4 Å². The van der Waals surface area contributed by atoms with Gasteiger partial charge in [-0.15, -0.1) is 0 Å². The molecule has 0 aliphatic rings. The van der Waals surface area contributed by atoms with Crippen LogP contribution in [0.1, 0.15) is 27.7 Å². The SMILES string of the molecule is NC(=O)NC(Cc1cc(F)cc(F)c1)c1ncccc1-c1cccc(C(N)=O)c1. The largest absolute Gasteiger partial charge is 0.366 e. The molecule has 29 heavy (non-hydrogen) atoms. The first-order valence-corrected chi connectivity index (χ1v) is 8.69. The van der Waals surface area contributed by atoms with Crippen LogP contribution in [-0.2, 0) is 6.42 Å². The summed E-state index contributed by atoms with van der Waals surface area (Å²) in [5.74, 6) is -2.04. The van der Waals surface area contributed by atoms with E-state index in [-0.39, 0.29) is 6.42 Å². The zero-order chi connectivity index (χ0) is 21.0. The Bertz CT molecular complexity index is 1050. The molecule has 0 saturated heterocycles. The first-order chi connectivity index (χ1) is 13.8. The molecule has 2 aromatic carbocycles. The molecule has 3 rings (SSSR count). The molecule has 0 aliphatic heterocycles. The van der Waals surface area contributed by atoms with E-state index in [2.05, 4.69) is 10.3 Å². The van der Waals surface area contributed by atoms with E-state index in [0.29, 0.717) is 27.9 Å². The first kappa shape index (κ1) is 19.9. The lowest BCUT2D eigenvalue weighted by atomic mass is 9.94. The van der Waals surface area contributed by atoms with Crippen LogP contribution in [0.4, 0.5) is 13.6 Å². The number of pyridine rings is 1. The number of benzene rings is 2. The van der Waals surface area contributed by atoms with E-state index in [1.54, 1.807) is 36.4 Å². The first-order valence-electron chi connectivity index (χ1n) is 8.69. The smallest absolute Gasteiger partial charge is 0.312 e. The number of urea groups is 1. The van der Waals surface area contributed by atoms with Gasteiger partial charge in [0, 0.05) is 23.4 Å². The Hall–Kier alpha value is -3.81. The standard InChI is InChI=1S/C21H18F2N4O2/c22-15-7-12(8-16(23)11-15)9-18(27-21(25)29)19-17(5-2-6-26-19)13-3-1-4-14(10-13)20(24)28/h1-8,10-11,18H,9H2,(H2,24,28)(H3,25,27,29). The van der Waals surface area contributed by atoms with Gasteiger partial charge in [0.2, 0.25) is 5.91 Å². The van der Waals surface area contributed by atoms with Gasteiger partial charge in [0.15, 0.2) is 0 Å². The molecule has 148 valence electrons. The van der Waals surface area contributed by atoms with Crippen molar-refractivity contribution in [1.82, 2.24) is 10.3 Å². The molecule has 3 aromatic rings. The predicted molar refractivity (Wildman–Crippen MR) is 104 cm³/mol. The Kier molecular flexibility index (Phi) is 5.82. The van der Waals surface area contributed by atoms with Gasteiger partial charge in [-0.1, -0.05) is 18.2 Å². The van der Waals surface area contributed by atoms with Crippen molar-refractivity contribution in [1.29, 1.82) is 0 Å². The van der Waals surface area contributed by atoms with Crippen molar-refractivity contribution in [2.45, 2.75) is 12.5 Å². The minimum absolute atomic E-state index is 0.0527. The third-order valence-electron chi connectivity index (χ3n) is 4.31. The minimum atomic E-state index is -0.811. The van der Waals surface area contributed by atoms with Crippen LogP contribution < -0.4 is 16.8 Å². The summed E-state index contributed by atoms with van der Waals surface area (Å²) in [6.45, 7) is 0. The Morgan fingerprint density at radius 1 is 1.00 bits per heavy atom. The van der Waals surface area contributed by atoms with Gasteiger partial charge in [-0.2, -0.15) is 0 Å². The van der Waals surface area contributed by atoms with Crippen LogP contribution in [0.2, 0.25) is 0 Å². The Balaban J connectivity index is 2.06. The highest BCUT2D eigenvalue weighted by atomic mass is 19.1. The average molecular weight is 396 g/mol. The minimum Gasteiger partial charge on any atom is -0.366 e. The van der Waals surface area contributed by atoms with Gasteiger partial charge >= 0.3 is 6.03 Å². The molecule has 1 heterocycles. The van der Waals surface area contributed by atoms with Crippen LogP contribution in [0, 0.1) is 11.6 Å². The predicted octanol–water partition coefficient (Wildman–Crippen LogP) is 3.08. The van der Waals surface area contributed by atoms with E-state index < -0.39 is 29.6 Å². The van der Waals surface area contributed by atoms with Gasteiger partial charge < -0.3 is 16.8 Å². The van der Waals surface area contributed by atoms with E-state index in [4.69, 9.17) is 11.5 Å². The molecule has 0 bridgehead atoms. The molecule has 0 fully saturated rings. The number of halogens is 2. The van der Waals surface area contributed by atoms with E-state index in [9.17, 15) is 18.4 Å². The van der Waals surface area contributed by atoms with E-state index in [1.807, 2.05) is 0 Å². The highest BCUT2D eigenvalue weighted by Gasteiger charge is 2.21. The van der Waals surface area contributed by atoms with Crippen LogP contribution in [0.15, 0.2) is 60.8 Å². The van der Waals surface area contributed by atoms with Crippen molar-refractivity contribution in [3.05, 3.63) is 89.2 Å². The summed E-state index contributed by atoms with van der Waals surface area (Å²) in [5, 5.41) is 2.57. The molecule has 1 atom stereocenters. The quantitative estimate of drug-likeness (QED) is 0.595. The molecule has 1 aromatic heterocycles. The zero-order valence-electron chi connectivity index (χ0n) is 15.2. The van der Waals surface area contributed by atoms with Gasteiger partial charge in [-0.25, -0.2) is 13.6 Å². The molecule has 0 spiro atoms. The average Bonchev–Trinajstić information content (AvgIpc) is 2.66. The number of carbonyl (C=O) groups is 2. The second-order valence-electron chi connectivity index (χ2n) is 6.42. The number of nitrogens with zero attached hydrogens (tertiary/aromatic N) is 1. The van der Waals surface area contributed by atoms with Gasteiger partial charge in [0.1, 0.15) is 11.6 Å². The summed E-state index contributed by atoms with van der Waals surface area (Å²) in [4.78, 5) is 27.4. The van der Waals surface area contributed by atoms with Gasteiger partial charge in [-0.05, 0) is 47.9 Å². The number of aromatic nitrogens is 1. The molecule has 0 aliphatic carbocycles. The Labute approximate surface area is 165 Å². The second-order valence-corrected chi connectivity index (χ2v) is 6.42. The molecule has 0 saturated carbocycles. The second kappa shape index (κ2) is 8.47. The number of hydrogen-bond donors (Lipinski definition) is 3. The third-order valence-corrected chi connectivity index (χ3v) is 4.31. The van der Waals surface area contributed by atoms with Crippen LogP contribution in [-0.4, -0.2) is 16.9 Å². The maximum Gasteiger partial charge on any atom is 0.312 e. The fraction of sp³-hybridized carbons (Fsp3) is 0.0952. The van der Waals surface area contributed by atoms with Crippen LogP contribution in [0.3, 0.4) is 0 Å². The number of amides is 3. The number of hydrogen-bond acceptors (Lipinski definition) is 3. The molecular weight excluding hydrogens is 378 g/mol. The van der Waals surface area contributed by atoms with E-state index in [0.717, 1.165) is 6.07 Å². The topological polar surface area (TPSA) is 111 Å². The number of nitrogens with one attached hydrogen (secondary N) is 1. The van der Waals surface area contributed by atoms with Crippen molar-refractivity contribution >= 4 is 11.9 Å². The van der Waals surface area contributed by atoms with E-state index in [1.165, 1.54) is 18.3 Å². The fourth-order valence-corrected chi connectivity index (χ4v) is 3.13. The number of rotatable bonds is 6. The molecule has 8 heteroatoms. The summed E-state index contributed by atoms with van der Waals surface area (Å²) in [6, 6.07) is 11.6. The lowest BCUT2D eigenvalue weighted by molar-refractivity contribution is 0.100. The van der Waals surface area contributed by atoms with E-state index >= 15 is 0 Å². The molecular formula is C21H18F2N4O2. The van der Waals surface area contributed by atoms with Gasteiger partial charge in [-0.3, -0.25) is 9.78 Å². The van der Waals surface area contributed by atoms with Crippen LogP contribution >= 0.6 is 0 Å². The Morgan fingerprint density at radius 3 is 2.38 bits per heavy atom. The monoisotopic (exact) mass is 396 g/mol. The van der Waals surface area contributed by atoms with Crippen LogP contribution in [0.5, 0.6) is 0 Å². The number of carbonyl (C=O) groups excluding carboxylic acids is 2. The molecule has 3 amide bonds. The molecule has 5 N–H and O–H groups in total. The van der Waals surface area contributed by atoms with Gasteiger partial charge in [0.05, 0.1) is 11.7 Å². The summed E-state index contributed by atoms with van der Waals surface area (Å²) in [6.07, 6.45) is 1.58. The van der Waals surface area contributed by atoms with Crippen molar-refractivity contribution in [2.75, 3.05) is 0 Å². The van der Waals surface area contributed by atoms with Crippen molar-refractivity contribution in [3.63, 3.8) is 0 Å². The Morgan fingerprint density at radius 2 is 1.72 bits per heavy atom. The number of primary amides is 2. The summed E-state index contributed by atoms with van der Waals surface area (Å²) in [7, 11) is 0. The highest BCUT2D eigenvalue weighted by molar-refractivity contribution is 5.94. The number of nitrogens with two attached hydrogens (primary N) is 2. The summed E-state index contributed by atoms with van der Waals surface area (Å²) < 4.78 is 27.2. The van der Waals surface area contributed by atoms with Crippen molar-refractivity contribution in [3.8, 4) is 11.1 Å². The molecule has 6 nitrogen and oxygen atoms in total. The maximum atomic E-state index is 13.6. The lowest BCUT2D eigenvalue weighted by Gasteiger charge is -2.20. The zero-order valence-corrected chi connectivity index (χ0v) is 15.2. The maximum absolute atomic E-state index is 13.6.